The van der Waals surface area contributed by atoms with Crippen LogP contribution in [0.1, 0.15) is 25.0 Å². The van der Waals surface area contributed by atoms with E-state index in [9.17, 15) is 9.59 Å². The summed E-state index contributed by atoms with van der Waals surface area (Å²) in [5.74, 6) is 0.887. The Morgan fingerprint density at radius 2 is 1.82 bits per heavy atom. The zero-order chi connectivity index (χ0) is 20.3. The monoisotopic (exact) mass is 435 g/mol. The first-order chi connectivity index (χ1) is 13.3. The predicted molar refractivity (Wildman–Crippen MR) is 115 cm³/mol. The van der Waals surface area contributed by atoms with Crippen LogP contribution in [0.5, 0.6) is 5.75 Å². The molecule has 28 heavy (non-hydrogen) atoms. The van der Waals surface area contributed by atoms with E-state index in [-0.39, 0.29) is 17.7 Å². The van der Waals surface area contributed by atoms with Gasteiger partial charge in [0.25, 0.3) is 11.1 Å². The number of carbonyl (C=O) groups excluding carboxylic acids is 2. The minimum atomic E-state index is -0.332. The van der Waals surface area contributed by atoms with Crippen molar-refractivity contribution in [3.05, 3.63) is 68.5 Å². The van der Waals surface area contributed by atoms with Crippen LogP contribution in [0, 0.1) is 5.92 Å². The molecule has 0 saturated carbocycles. The molecule has 1 aliphatic rings. The van der Waals surface area contributed by atoms with E-state index in [1.807, 2.05) is 24.3 Å². The van der Waals surface area contributed by atoms with Crippen molar-refractivity contribution in [2.24, 2.45) is 5.92 Å². The zero-order valence-corrected chi connectivity index (χ0v) is 17.8. The van der Waals surface area contributed by atoms with E-state index in [2.05, 4.69) is 13.8 Å². The lowest BCUT2D eigenvalue weighted by atomic mass is 10.2. The molecule has 0 bridgehead atoms. The van der Waals surface area contributed by atoms with Gasteiger partial charge in [-0.2, -0.15) is 0 Å². The standard InChI is InChI=1S/C21H19Cl2NO3S/c1-13(2)12-27-17-7-3-14(4-8-17)9-19-20(25)24(21(26)28-19)11-15-5-6-16(22)10-18(15)23/h3-10,13H,11-12H2,1-2H3/b19-9-. The Labute approximate surface area is 178 Å². The molecule has 3 rings (SSSR count). The van der Waals surface area contributed by atoms with Gasteiger partial charge in [-0.05, 0) is 59.1 Å². The fourth-order valence-corrected chi connectivity index (χ4v) is 3.84. The highest BCUT2D eigenvalue weighted by Gasteiger charge is 2.35. The van der Waals surface area contributed by atoms with Gasteiger partial charge in [-0.3, -0.25) is 14.5 Å². The molecule has 0 unspecified atom stereocenters. The molecule has 4 nitrogen and oxygen atoms in total. The Kier molecular flexibility index (Phi) is 6.70. The van der Waals surface area contributed by atoms with E-state index >= 15 is 0 Å². The van der Waals surface area contributed by atoms with Crippen LogP contribution in [0.2, 0.25) is 10.0 Å². The zero-order valence-electron chi connectivity index (χ0n) is 15.4. The summed E-state index contributed by atoms with van der Waals surface area (Å²) in [6.45, 7) is 4.93. The summed E-state index contributed by atoms with van der Waals surface area (Å²) in [6.07, 6.45) is 1.71. The van der Waals surface area contributed by atoms with Gasteiger partial charge < -0.3 is 4.74 Å². The number of carbonyl (C=O) groups is 2. The summed E-state index contributed by atoms with van der Waals surface area (Å²) >= 11 is 13.0. The Balaban J connectivity index is 1.72. The molecular weight excluding hydrogens is 417 g/mol. The van der Waals surface area contributed by atoms with Gasteiger partial charge in [0, 0.05) is 10.0 Å². The number of nitrogens with zero attached hydrogens (tertiary/aromatic N) is 1. The van der Waals surface area contributed by atoms with Crippen LogP contribution in [0.25, 0.3) is 6.08 Å². The quantitative estimate of drug-likeness (QED) is 0.501. The SMILES string of the molecule is CC(C)COc1ccc(/C=C2\SC(=O)N(Cc3ccc(Cl)cc3Cl)C2=O)cc1. The number of hydrogen-bond acceptors (Lipinski definition) is 4. The number of benzene rings is 2. The summed E-state index contributed by atoms with van der Waals surface area (Å²) in [7, 11) is 0. The maximum atomic E-state index is 12.7. The van der Waals surface area contributed by atoms with Crippen molar-refractivity contribution in [3.63, 3.8) is 0 Å². The molecule has 0 radical (unpaired) electrons. The first-order valence-electron chi connectivity index (χ1n) is 8.75. The molecule has 7 heteroatoms. The molecule has 2 amide bonds. The number of thioether (sulfide) groups is 1. The third-order valence-electron chi connectivity index (χ3n) is 3.98. The normalized spacial score (nSPS) is 15.8. The minimum absolute atomic E-state index is 0.111. The number of ether oxygens (including phenoxy) is 1. The third kappa shape index (κ3) is 5.10. The molecule has 0 spiro atoms. The van der Waals surface area contributed by atoms with Gasteiger partial charge in [-0.15, -0.1) is 0 Å². The summed E-state index contributed by atoms with van der Waals surface area (Å²) in [5.41, 5.74) is 1.49. The molecule has 0 aromatic heterocycles. The van der Waals surface area contributed by atoms with Crippen molar-refractivity contribution in [1.82, 2.24) is 4.90 Å². The van der Waals surface area contributed by atoms with Crippen LogP contribution in [0.4, 0.5) is 4.79 Å². The van der Waals surface area contributed by atoms with Crippen LogP contribution >= 0.6 is 35.0 Å². The van der Waals surface area contributed by atoms with Crippen molar-refractivity contribution >= 4 is 52.2 Å². The Morgan fingerprint density at radius 3 is 2.46 bits per heavy atom. The highest BCUT2D eigenvalue weighted by atomic mass is 35.5. The number of halogens is 2. The summed E-state index contributed by atoms with van der Waals surface area (Å²) < 4.78 is 5.66. The Bertz CT molecular complexity index is 926. The summed E-state index contributed by atoms with van der Waals surface area (Å²) in [6, 6.07) is 12.4. The van der Waals surface area contributed by atoms with Crippen molar-refractivity contribution in [2.45, 2.75) is 20.4 Å². The predicted octanol–water partition coefficient (Wildman–Crippen LogP) is 6.26. The van der Waals surface area contributed by atoms with Gasteiger partial charge in [-0.25, -0.2) is 0 Å². The first-order valence-corrected chi connectivity index (χ1v) is 10.3. The molecule has 146 valence electrons. The number of rotatable bonds is 6. The van der Waals surface area contributed by atoms with Crippen LogP contribution in [-0.4, -0.2) is 22.7 Å². The van der Waals surface area contributed by atoms with E-state index in [0.29, 0.717) is 33.0 Å². The highest BCUT2D eigenvalue weighted by Crippen LogP contribution is 2.34. The molecule has 0 N–H and O–H groups in total. The van der Waals surface area contributed by atoms with Gasteiger partial charge >= 0.3 is 0 Å². The molecular formula is C21H19Cl2NO3S. The third-order valence-corrected chi connectivity index (χ3v) is 5.47. The molecule has 1 heterocycles. The van der Waals surface area contributed by atoms with E-state index in [0.717, 1.165) is 23.1 Å². The van der Waals surface area contributed by atoms with Crippen LogP contribution in [-0.2, 0) is 11.3 Å². The second-order valence-corrected chi connectivity index (χ2v) is 8.61. The van der Waals surface area contributed by atoms with E-state index < -0.39 is 0 Å². The lowest BCUT2D eigenvalue weighted by Gasteiger charge is -2.13. The molecule has 0 atom stereocenters. The van der Waals surface area contributed by atoms with Crippen molar-refractivity contribution in [2.75, 3.05) is 6.61 Å². The number of hydrogen-bond donors (Lipinski definition) is 0. The first kappa shape index (κ1) is 20.8. The molecule has 1 aliphatic heterocycles. The average molecular weight is 436 g/mol. The van der Waals surface area contributed by atoms with Crippen molar-refractivity contribution < 1.29 is 14.3 Å². The fraction of sp³-hybridized carbons (Fsp3) is 0.238. The molecule has 1 saturated heterocycles. The van der Waals surface area contributed by atoms with Gasteiger partial charge in [-0.1, -0.05) is 55.2 Å². The Morgan fingerprint density at radius 1 is 1.11 bits per heavy atom. The Hall–Kier alpha value is -1.95. The topological polar surface area (TPSA) is 46.6 Å². The van der Waals surface area contributed by atoms with E-state index in [1.54, 1.807) is 24.3 Å². The summed E-state index contributed by atoms with van der Waals surface area (Å²) in [5, 5.41) is 0.607. The largest absolute Gasteiger partial charge is 0.493 e. The number of amides is 2. The van der Waals surface area contributed by atoms with Gasteiger partial charge in [0.15, 0.2) is 0 Å². The molecule has 2 aromatic rings. The molecule has 2 aromatic carbocycles. The van der Waals surface area contributed by atoms with Crippen molar-refractivity contribution in [1.29, 1.82) is 0 Å². The van der Waals surface area contributed by atoms with E-state index in [1.165, 1.54) is 4.90 Å². The smallest absolute Gasteiger partial charge is 0.293 e. The highest BCUT2D eigenvalue weighted by molar-refractivity contribution is 8.18. The van der Waals surface area contributed by atoms with Crippen molar-refractivity contribution in [3.8, 4) is 5.75 Å². The van der Waals surface area contributed by atoms with Gasteiger partial charge in [0.1, 0.15) is 5.75 Å². The van der Waals surface area contributed by atoms with Gasteiger partial charge in [0.2, 0.25) is 0 Å². The molecule has 0 aliphatic carbocycles. The van der Waals surface area contributed by atoms with Gasteiger partial charge in [0.05, 0.1) is 18.1 Å². The maximum Gasteiger partial charge on any atom is 0.293 e. The second-order valence-electron chi connectivity index (χ2n) is 6.78. The van der Waals surface area contributed by atoms with Crippen LogP contribution < -0.4 is 4.74 Å². The van der Waals surface area contributed by atoms with Crippen LogP contribution in [0.3, 0.4) is 0 Å². The number of imide groups is 1. The fourth-order valence-electron chi connectivity index (χ4n) is 2.53. The lowest BCUT2D eigenvalue weighted by Crippen LogP contribution is -2.27. The van der Waals surface area contributed by atoms with Crippen LogP contribution in [0.15, 0.2) is 47.4 Å². The molecule has 1 fully saturated rings. The minimum Gasteiger partial charge on any atom is -0.493 e. The lowest BCUT2D eigenvalue weighted by molar-refractivity contribution is -0.123. The average Bonchev–Trinajstić information content (AvgIpc) is 2.90. The second kappa shape index (κ2) is 9.03. The van der Waals surface area contributed by atoms with E-state index in [4.69, 9.17) is 27.9 Å². The maximum absolute atomic E-state index is 12.7. The summed E-state index contributed by atoms with van der Waals surface area (Å²) in [4.78, 5) is 26.5.